The molecule has 1 fully saturated rings. The van der Waals surface area contributed by atoms with Crippen molar-refractivity contribution in [1.82, 2.24) is 4.90 Å². The lowest BCUT2D eigenvalue weighted by Crippen LogP contribution is -2.70. The monoisotopic (exact) mass is 967 g/mol. The van der Waals surface area contributed by atoms with Crippen molar-refractivity contribution in [2.24, 2.45) is 22.9 Å². The average molecular weight is 968 g/mol. The normalized spacial score (nSPS) is 21.5. The second-order valence-electron chi connectivity index (χ2n) is 18.6. The lowest BCUT2D eigenvalue weighted by molar-refractivity contribution is -0.255. The van der Waals surface area contributed by atoms with Gasteiger partial charge in [-0.1, -0.05) is 103 Å². The quantitative estimate of drug-likeness (QED) is 0.0313. The first kappa shape index (κ1) is 49.3. The van der Waals surface area contributed by atoms with E-state index in [1.165, 1.54) is 0 Å². The number of aliphatic hydroxyl groups excluding tert-OH is 2. The summed E-state index contributed by atoms with van der Waals surface area (Å²) in [6, 6.07) is 46.5. The standard InChI is InChI=1S/C60H61N3O7S/c1-3-34-67-60-56(63(59(66)44-24-22-41(38-61)23-25-44)39-46-19-13-18-43-16-7-8-20-50(43)46)37-54(62-68-40-42-14-5-4-6-15-42)52-35-45(17-9-11-32-64)51(21-10-12-33-65)57(58(52)60)53-36-48(28-31-55(53)70-60)69-47-26-29-49(71-2)30-27-47/h3-8,13-16,18-20,22-31,35-36,45,51,56-58,64-65H,1,9-12,17,21,32-34,37,39-40H2,2H3/t45-,51+,56-,57+,58+,60+/m0/s1. The van der Waals surface area contributed by atoms with Crippen LogP contribution in [0.1, 0.15) is 83.5 Å². The number of allylic oxidation sites excluding steroid dienone is 1. The van der Waals surface area contributed by atoms with Crippen LogP contribution in [0, 0.1) is 29.1 Å². The summed E-state index contributed by atoms with van der Waals surface area (Å²) < 4.78 is 21.5. The summed E-state index contributed by atoms with van der Waals surface area (Å²) >= 11 is 1.67. The Balaban J connectivity index is 1.28. The van der Waals surface area contributed by atoms with Crippen molar-refractivity contribution in [3.8, 4) is 23.3 Å². The summed E-state index contributed by atoms with van der Waals surface area (Å²) in [4.78, 5) is 25.1. The number of amides is 1. The summed E-state index contributed by atoms with van der Waals surface area (Å²) in [5.41, 5.74) is 5.37. The molecular weight excluding hydrogens is 907 g/mol. The number of fused-ring (bicyclic) bond motifs is 3. The third-order valence-electron chi connectivity index (χ3n) is 14.3. The lowest BCUT2D eigenvalue weighted by Gasteiger charge is -2.60. The molecule has 1 saturated carbocycles. The van der Waals surface area contributed by atoms with Crippen LogP contribution in [0.2, 0.25) is 0 Å². The number of hydrogen-bond donors (Lipinski definition) is 2. The highest BCUT2D eigenvalue weighted by molar-refractivity contribution is 7.98. The Hall–Kier alpha value is -6.68. The van der Waals surface area contributed by atoms with Crippen molar-refractivity contribution in [3.05, 3.63) is 192 Å². The first-order valence-corrected chi connectivity index (χ1v) is 25.9. The molecule has 0 bridgehead atoms. The van der Waals surface area contributed by atoms with Gasteiger partial charge in [-0.05, 0) is 138 Å². The highest BCUT2D eigenvalue weighted by Gasteiger charge is 2.65. The van der Waals surface area contributed by atoms with Crippen molar-refractivity contribution >= 4 is 34.2 Å². The van der Waals surface area contributed by atoms with Crippen molar-refractivity contribution in [2.75, 3.05) is 26.1 Å². The molecule has 6 atom stereocenters. The fourth-order valence-electron chi connectivity index (χ4n) is 11.0. The Morgan fingerprint density at radius 2 is 1.62 bits per heavy atom. The van der Waals surface area contributed by atoms with Crippen molar-refractivity contribution in [3.63, 3.8) is 0 Å². The SMILES string of the molecule is C=CCO[C@@]12Oc3ccc(Oc4ccc(SC)cc4)cc3[C@H]3[C@H](CCCCO)[C@@H](CCCCO)C=C(C(=NOCc4ccccc4)C[C@@H]1N(Cc1cccc4ccccc14)C(=O)c1ccc(C#N)cc1)[C@H]32. The van der Waals surface area contributed by atoms with Gasteiger partial charge < -0.3 is 34.2 Å². The van der Waals surface area contributed by atoms with Crippen LogP contribution in [-0.2, 0) is 22.7 Å². The summed E-state index contributed by atoms with van der Waals surface area (Å²) in [5, 5.41) is 37.1. The number of rotatable bonds is 21. The molecule has 2 aliphatic carbocycles. The smallest absolute Gasteiger partial charge is 0.254 e. The maximum atomic E-state index is 15.7. The molecule has 364 valence electrons. The number of nitriles is 1. The second kappa shape index (κ2) is 23.0. The summed E-state index contributed by atoms with van der Waals surface area (Å²) in [7, 11) is 0. The minimum Gasteiger partial charge on any atom is -0.459 e. The zero-order valence-corrected chi connectivity index (χ0v) is 41.0. The number of unbranched alkanes of at least 4 members (excludes halogenated alkanes) is 2. The van der Waals surface area contributed by atoms with E-state index < -0.39 is 17.7 Å². The highest BCUT2D eigenvalue weighted by Crippen LogP contribution is 2.62. The number of carbonyl (C=O) groups is 1. The van der Waals surface area contributed by atoms with Crippen LogP contribution in [0.4, 0.5) is 0 Å². The summed E-state index contributed by atoms with van der Waals surface area (Å²) in [6.07, 6.45) is 10.9. The fraction of sp³-hybridized carbons (Fsp3) is 0.317. The third-order valence-corrected chi connectivity index (χ3v) is 15.1. The van der Waals surface area contributed by atoms with Crippen LogP contribution in [0.15, 0.2) is 174 Å². The predicted octanol–water partition coefficient (Wildman–Crippen LogP) is 12.4. The predicted molar refractivity (Wildman–Crippen MR) is 279 cm³/mol. The highest BCUT2D eigenvalue weighted by atomic mass is 32.2. The summed E-state index contributed by atoms with van der Waals surface area (Å²) in [6.45, 7) is 4.85. The number of benzene rings is 6. The molecule has 11 heteroatoms. The molecule has 1 amide bonds. The van der Waals surface area contributed by atoms with Gasteiger partial charge in [0.1, 0.15) is 29.9 Å². The maximum Gasteiger partial charge on any atom is 0.254 e. The lowest BCUT2D eigenvalue weighted by atomic mass is 9.55. The Kier molecular flexibility index (Phi) is 16.0. The third kappa shape index (κ3) is 10.7. The van der Waals surface area contributed by atoms with Crippen molar-refractivity contribution in [1.29, 1.82) is 5.26 Å². The molecule has 1 aliphatic heterocycles. The van der Waals surface area contributed by atoms with Gasteiger partial charge >= 0.3 is 0 Å². The van der Waals surface area contributed by atoms with Crippen molar-refractivity contribution in [2.45, 2.75) is 80.7 Å². The zero-order chi connectivity index (χ0) is 49.2. The number of hydrogen-bond acceptors (Lipinski definition) is 10. The van der Waals surface area contributed by atoms with Crippen LogP contribution >= 0.6 is 11.8 Å². The van der Waals surface area contributed by atoms with E-state index >= 15 is 4.79 Å². The number of oxime groups is 1. The van der Waals surface area contributed by atoms with Gasteiger partial charge in [0.15, 0.2) is 0 Å². The Bertz CT molecular complexity index is 2890. The van der Waals surface area contributed by atoms with E-state index in [4.69, 9.17) is 24.2 Å². The van der Waals surface area contributed by atoms with E-state index in [2.05, 4.69) is 49.1 Å². The van der Waals surface area contributed by atoms with Crippen LogP contribution < -0.4 is 9.47 Å². The number of thioether (sulfide) groups is 1. The van der Waals surface area contributed by atoms with Gasteiger partial charge in [0.25, 0.3) is 5.91 Å². The zero-order valence-electron chi connectivity index (χ0n) is 40.2. The molecule has 71 heavy (non-hydrogen) atoms. The average Bonchev–Trinajstić information content (AvgIpc) is 3.41. The molecule has 6 aromatic rings. The molecule has 0 aromatic heterocycles. The van der Waals surface area contributed by atoms with E-state index in [1.807, 2.05) is 96.1 Å². The van der Waals surface area contributed by atoms with Gasteiger partial charge in [-0.25, -0.2) is 0 Å². The van der Waals surface area contributed by atoms with Crippen LogP contribution in [0.25, 0.3) is 10.8 Å². The van der Waals surface area contributed by atoms with E-state index in [0.717, 1.165) is 63.6 Å². The number of ether oxygens (including phenoxy) is 3. The van der Waals surface area contributed by atoms with E-state index in [-0.39, 0.29) is 63.1 Å². The molecule has 9 rings (SSSR count). The molecule has 0 unspecified atom stereocenters. The largest absolute Gasteiger partial charge is 0.459 e. The van der Waals surface area contributed by atoms with Gasteiger partial charge in [-0.2, -0.15) is 5.26 Å². The Morgan fingerprint density at radius 1 is 0.887 bits per heavy atom. The summed E-state index contributed by atoms with van der Waals surface area (Å²) in [5.74, 6) is -0.471. The molecule has 6 aromatic carbocycles. The van der Waals surface area contributed by atoms with Crippen LogP contribution in [0.5, 0.6) is 17.2 Å². The molecular formula is C60H61N3O7S. The maximum absolute atomic E-state index is 15.7. The first-order chi connectivity index (χ1) is 34.9. The molecule has 1 heterocycles. The molecule has 2 N–H and O–H groups in total. The molecule has 0 saturated heterocycles. The van der Waals surface area contributed by atoms with Gasteiger partial charge in [0.05, 0.1) is 29.9 Å². The van der Waals surface area contributed by atoms with Crippen LogP contribution in [-0.4, -0.2) is 64.6 Å². The van der Waals surface area contributed by atoms with E-state index in [1.54, 1.807) is 42.1 Å². The van der Waals surface area contributed by atoms with Gasteiger partial charge in [0.2, 0.25) is 5.79 Å². The molecule has 0 spiro atoms. The fourth-order valence-corrected chi connectivity index (χ4v) is 11.4. The minimum atomic E-state index is -1.50. The topological polar surface area (TPSA) is 134 Å². The second-order valence-corrected chi connectivity index (χ2v) is 19.4. The number of aliphatic hydroxyl groups is 2. The van der Waals surface area contributed by atoms with Gasteiger partial charge in [-0.15, -0.1) is 18.3 Å². The Labute approximate surface area is 421 Å². The first-order valence-electron chi connectivity index (χ1n) is 24.7. The van der Waals surface area contributed by atoms with Gasteiger partial charge in [0, 0.05) is 48.1 Å². The minimum absolute atomic E-state index is 0.0189. The number of carbonyl (C=O) groups excluding carboxylic acids is 1. The van der Waals surface area contributed by atoms with E-state index in [9.17, 15) is 15.5 Å². The van der Waals surface area contributed by atoms with Gasteiger partial charge in [-0.3, -0.25) is 4.79 Å². The van der Waals surface area contributed by atoms with Crippen molar-refractivity contribution < 1.29 is 34.1 Å². The van der Waals surface area contributed by atoms with E-state index in [0.29, 0.717) is 46.9 Å². The Morgan fingerprint density at radius 3 is 2.37 bits per heavy atom. The molecule has 10 nitrogen and oxygen atoms in total. The molecule has 3 aliphatic rings. The van der Waals surface area contributed by atoms with Crippen LogP contribution in [0.3, 0.4) is 0 Å². The molecule has 0 radical (unpaired) electrons. The number of nitrogens with zero attached hydrogens (tertiary/aromatic N) is 3.